The van der Waals surface area contributed by atoms with Crippen LogP contribution >= 0.6 is 0 Å². The summed E-state index contributed by atoms with van der Waals surface area (Å²) in [5, 5.41) is 4.32. The van der Waals surface area contributed by atoms with Gasteiger partial charge >= 0.3 is 5.97 Å². The highest BCUT2D eigenvalue weighted by atomic mass is 16.5. The van der Waals surface area contributed by atoms with Crippen LogP contribution in [0.3, 0.4) is 0 Å². The predicted molar refractivity (Wildman–Crippen MR) is 57.6 cm³/mol. The Kier molecular flexibility index (Phi) is 4.34. The minimum absolute atomic E-state index is 0.127. The number of nitrogens with zero attached hydrogens (tertiary/aromatic N) is 2. The number of hydrogen-bond donors (Lipinski definition) is 0. The van der Waals surface area contributed by atoms with Gasteiger partial charge in [-0.1, -0.05) is 0 Å². The van der Waals surface area contributed by atoms with Crippen LogP contribution in [0.2, 0.25) is 0 Å². The molecule has 0 bridgehead atoms. The fourth-order valence-electron chi connectivity index (χ4n) is 1.35. The van der Waals surface area contributed by atoms with E-state index in [1.807, 2.05) is 31.6 Å². The molecule has 4 nitrogen and oxygen atoms in total. The van der Waals surface area contributed by atoms with Gasteiger partial charge in [-0.2, -0.15) is 5.10 Å². The zero-order valence-corrected chi connectivity index (χ0v) is 9.62. The Bertz CT molecular complexity index is 312. The molecule has 0 aliphatic rings. The summed E-state index contributed by atoms with van der Waals surface area (Å²) < 4.78 is 6.72. The van der Waals surface area contributed by atoms with E-state index < -0.39 is 0 Å². The Hall–Kier alpha value is -1.32. The highest BCUT2D eigenvalue weighted by Gasteiger charge is 2.03. The van der Waals surface area contributed by atoms with Gasteiger partial charge in [-0.3, -0.25) is 9.48 Å². The Morgan fingerprint density at radius 2 is 2.27 bits per heavy atom. The van der Waals surface area contributed by atoms with Gasteiger partial charge < -0.3 is 4.74 Å². The van der Waals surface area contributed by atoms with Gasteiger partial charge in [0.2, 0.25) is 0 Å². The fourth-order valence-corrected chi connectivity index (χ4v) is 1.35. The third kappa shape index (κ3) is 3.73. The smallest absolute Gasteiger partial charge is 0.305 e. The van der Waals surface area contributed by atoms with Crippen LogP contribution in [-0.4, -0.2) is 22.4 Å². The van der Waals surface area contributed by atoms with Crippen molar-refractivity contribution in [2.24, 2.45) is 0 Å². The molecule has 0 aromatic carbocycles. The van der Waals surface area contributed by atoms with Crippen LogP contribution in [0, 0.1) is 13.8 Å². The van der Waals surface area contributed by atoms with Crippen LogP contribution in [0.25, 0.3) is 0 Å². The van der Waals surface area contributed by atoms with Crippen molar-refractivity contribution in [1.82, 2.24) is 9.78 Å². The molecule has 4 heteroatoms. The fraction of sp³-hybridized carbons (Fsp3) is 0.636. The lowest BCUT2D eigenvalue weighted by Crippen LogP contribution is -2.06. The van der Waals surface area contributed by atoms with Crippen molar-refractivity contribution in [2.45, 2.75) is 40.2 Å². The van der Waals surface area contributed by atoms with Gasteiger partial charge in [-0.15, -0.1) is 0 Å². The summed E-state index contributed by atoms with van der Waals surface area (Å²) >= 11 is 0. The number of carbonyl (C=O) groups excluding carboxylic acids is 1. The lowest BCUT2D eigenvalue weighted by atomic mass is 10.3. The van der Waals surface area contributed by atoms with Gasteiger partial charge in [0, 0.05) is 19.2 Å². The van der Waals surface area contributed by atoms with E-state index in [4.69, 9.17) is 4.74 Å². The number of aryl methyl sites for hydroxylation is 3. The number of rotatable bonds is 5. The number of esters is 1. The molecule has 0 fully saturated rings. The van der Waals surface area contributed by atoms with E-state index in [2.05, 4.69) is 5.10 Å². The minimum Gasteiger partial charge on any atom is -0.466 e. The minimum atomic E-state index is -0.127. The zero-order chi connectivity index (χ0) is 11.3. The second-order valence-electron chi connectivity index (χ2n) is 3.57. The molecule has 0 amide bonds. The monoisotopic (exact) mass is 210 g/mol. The van der Waals surface area contributed by atoms with E-state index in [1.165, 1.54) is 5.56 Å². The maximum absolute atomic E-state index is 11.1. The SMILES string of the molecule is CCOC(=O)CCCn1cc(C)c(C)n1. The lowest BCUT2D eigenvalue weighted by molar-refractivity contribution is -0.143. The molecule has 1 aromatic rings. The van der Waals surface area contributed by atoms with Crippen molar-refractivity contribution in [3.8, 4) is 0 Å². The van der Waals surface area contributed by atoms with Gasteiger partial charge in [-0.05, 0) is 32.8 Å². The topological polar surface area (TPSA) is 44.1 Å². The number of ether oxygens (including phenoxy) is 1. The standard InChI is InChI=1S/C11H18N2O2/c1-4-15-11(14)6-5-7-13-8-9(2)10(3)12-13/h8H,4-7H2,1-3H3. The highest BCUT2D eigenvalue weighted by molar-refractivity contribution is 5.69. The van der Waals surface area contributed by atoms with Gasteiger partial charge in [-0.25, -0.2) is 0 Å². The Morgan fingerprint density at radius 3 is 2.80 bits per heavy atom. The van der Waals surface area contributed by atoms with Crippen LogP contribution in [0.4, 0.5) is 0 Å². The maximum Gasteiger partial charge on any atom is 0.305 e. The summed E-state index contributed by atoms with van der Waals surface area (Å²) in [6.45, 7) is 7.06. The van der Waals surface area contributed by atoms with E-state index in [9.17, 15) is 4.79 Å². The average molecular weight is 210 g/mol. The van der Waals surface area contributed by atoms with E-state index in [1.54, 1.807) is 0 Å². The van der Waals surface area contributed by atoms with Crippen molar-refractivity contribution in [1.29, 1.82) is 0 Å². The number of hydrogen-bond acceptors (Lipinski definition) is 3. The summed E-state index contributed by atoms with van der Waals surface area (Å²) in [6, 6.07) is 0. The van der Waals surface area contributed by atoms with Gasteiger partial charge in [0.05, 0.1) is 12.3 Å². The molecular weight excluding hydrogens is 192 g/mol. The molecule has 1 heterocycles. The third-order valence-corrected chi connectivity index (χ3v) is 2.27. The summed E-state index contributed by atoms with van der Waals surface area (Å²) in [7, 11) is 0. The Morgan fingerprint density at radius 1 is 1.53 bits per heavy atom. The first-order valence-electron chi connectivity index (χ1n) is 5.29. The van der Waals surface area contributed by atoms with Gasteiger partial charge in [0.15, 0.2) is 0 Å². The number of aromatic nitrogens is 2. The van der Waals surface area contributed by atoms with Crippen molar-refractivity contribution < 1.29 is 9.53 Å². The second kappa shape index (κ2) is 5.53. The van der Waals surface area contributed by atoms with E-state index in [-0.39, 0.29) is 5.97 Å². The molecule has 0 aliphatic carbocycles. The van der Waals surface area contributed by atoms with Crippen molar-refractivity contribution in [3.05, 3.63) is 17.5 Å². The summed E-state index contributed by atoms with van der Waals surface area (Å²) in [6.07, 6.45) is 3.24. The molecule has 84 valence electrons. The van der Waals surface area contributed by atoms with E-state index >= 15 is 0 Å². The molecule has 0 unspecified atom stereocenters. The molecule has 15 heavy (non-hydrogen) atoms. The molecule has 0 saturated heterocycles. The molecule has 1 aromatic heterocycles. The van der Waals surface area contributed by atoms with Crippen LogP contribution in [0.1, 0.15) is 31.0 Å². The summed E-state index contributed by atoms with van der Waals surface area (Å²) in [5.74, 6) is -0.127. The molecule has 0 saturated carbocycles. The molecule has 0 spiro atoms. The van der Waals surface area contributed by atoms with E-state index in [0.717, 1.165) is 18.7 Å². The maximum atomic E-state index is 11.1. The highest BCUT2D eigenvalue weighted by Crippen LogP contribution is 2.04. The second-order valence-corrected chi connectivity index (χ2v) is 3.57. The molecule has 1 rings (SSSR count). The average Bonchev–Trinajstić information content (AvgIpc) is 2.46. The van der Waals surface area contributed by atoms with E-state index in [0.29, 0.717) is 13.0 Å². The first-order valence-corrected chi connectivity index (χ1v) is 5.29. The zero-order valence-electron chi connectivity index (χ0n) is 9.62. The molecule has 0 aliphatic heterocycles. The molecular formula is C11H18N2O2. The van der Waals surface area contributed by atoms with Crippen LogP contribution in [0.15, 0.2) is 6.20 Å². The van der Waals surface area contributed by atoms with Crippen LogP contribution in [-0.2, 0) is 16.1 Å². The Labute approximate surface area is 90.2 Å². The van der Waals surface area contributed by atoms with Gasteiger partial charge in [0.1, 0.15) is 0 Å². The molecule has 0 atom stereocenters. The van der Waals surface area contributed by atoms with Crippen LogP contribution in [0.5, 0.6) is 0 Å². The quantitative estimate of drug-likeness (QED) is 0.696. The molecule has 0 N–H and O–H groups in total. The largest absolute Gasteiger partial charge is 0.466 e. The van der Waals surface area contributed by atoms with Crippen molar-refractivity contribution in [3.63, 3.8) is 0 Å². The summed E-state index contributed by atoms with van der Waals surface area (Å²) in [5.41, 5.74) is 2.23. The van der Waals surface area contributed by atoms with Crippen LogP contribution < -0.4 is 0 Å². The van der Waals surface area contributed by atoms with Crippen molar-refractivity contribution >= 4 is 5.97 Å². The Balaban J connectivity index is 2.28. The predicted octanol–water partition coefficient (Wildman–Crippen LogP) is 1.84. The normalized spacial score (nSPS) is 10.3. The third-order valence-electron chi connectivity index (χ3n) is 2.27. The first-order chi connectivity index (χ1) is 7.13. The first kappa shape index (κ1) is 11.8. The van der Waals surface area contributed by atoms with Crippen molar-refractivity contribution in [2.75, 3.05) is 6.61 Å². The summed E-state index contributed by atoms with van der Waals surface area (Å²) in [4.78, 5) is 11.1. The van der Waals surface area contributed by atoms with Gasteiger partial charge in [0.25, 0.3) is 0 Å². The number of carbonyl (C=O) groups is 1. The lowest BCUT2D eigenvalue weighted by Gasteiger charge is -2.01. The molecule has 0 radical (unpaired) electrons.